The van der Waals surface area contributed by atoms with Crippen LogP contribution in [0.4, 0.5) is 5.69 Å². The van der Waals surface area contributed by atoms with Crippen molar-refractivity contribution in [3.05, 3.63) is 95.2 Å². The lowest BCUT2D eigenvalue weighted by Gasteiger charge is -2.33. The fourth-order valence-electron chi connectivity index (χ4n) is 5.26. The second-order valence-electron chi connectivity index (χ2n) is 8.33. The first-order valence-electron chi connectivity index (χ1n) is 10.4. The van der Waals surface area contributed by atoms with Crippen LogP contribution in [0.25, 0.3) is 10.9 Å². The molecule has 5 heteroatoms. The predicted molar refractivity (Wildman–Crippen MR) is 119 cm³/mol. The van der Waals surface area contributed by atoms with Gasteiger partial charge < -0.3 is 4.98 Å². The van der Waals surface area contributed by atoms with Gasteiger partial charge in [0.25, 0.3) is 10.0 Å². The molecule has 0 bridgehead atoms. The molecule has 0 unspecified atom stereocenters. The molecule has 1 aromatic heterocycles. The van der Waals surface area contributed by atoms with E-state index in [1.165, 1.54) is 10.9 Å². The molecule has 1 aliphatic heterocycles. The van der Waals surface area contributed by atoms with E-state index in [0.29, 0.717) is 4.90 Å². The van der Waals surface area contributed by atoms with Gasteiger partial charge in [-0.25, -0.2) is 8.42 Å². The molecule has 6 rings (SSSR count). The highest BCUT2D eigenvalue weighted by Gasteiger charge is 2.48. The largest absolute Gasteiger partial charge is 0.356 e. The molecular formula is C25H22N2O2S. The molecule has 0 radical (unpaired) electrons. The first-order chi connectivity index (χ1) is 14.6. The van der Waals surface area contributed by atoms with Crippen LogP contribution in [-0.2, 0) is 16.4 Å². The highest BCUT2D eigenvalue weighted by molar-refractivity contribution is 7.92. The Labute approximate surface area is 176 Å². The van der Waals surface area contributed by atoms with Crippen molar-refractivity contribution in [1.82, 2.24) is 4.98 Å². The van der Waals surface area contributed by atoms with Crippen LogP contribution in [-0.4, -0.2) is 13.4 Å². The third kappa shape index (κ3) is 2.36. The number of benzene rings is 3. The summed E-state index contributed by atoms with van der Waals surface area (Å²) in [7, 11) is -3.71. The Hall–Kier alpha value is -3.05. The number of aromatic amines is 1. The Morgan fingerprint density at radius 2 is 1.67 bits per heavy atom. The quantitative estimate of drug-likeness (QED) is 0.474. The molecule has 150 valence electrons. The van der Waals surface area contributed by atoms with E-state index in [0.717, 1.165) is 40.9 Å². The number of hydrogen-bond acceptors (Lipinski definition) is 2. The van der Waals surface area contributed by atoms with E-state index in [4.69, 9.17) is 0 Å². The topological polar surface area (TPSA) is 53.2 Å². The van der Waals surface area contributed by atoms with Gasteiger partial charge in [0.2, 0.25) is 0 Å². The molecule has 0 spiro atoms. The molecule has 1 aliphatic carbocycles. The second kappa shape index (κ2) is 6.22. The second-order valence-corrected chi connectivity index (χ2v) is 10.1. The Balaban J connectivity index is 1.60. The van der Waals surface area contributed by atoms with Crippen LogP contribution in [0.2, 0.25) is 0 Å². The minimum atomic E-state index is -3.71. The van der Waals surface area contributed by atoms with Crippen LogP contribution in [0.3, 0.4) is 0 Å². The van der Waals surface area contributed by atoms with Gasteiger partial charge >= 0.3 is 0 Å². The van der Waals surface area contributed by atoms with Gasteiger partial charge in [-0.3, -0.25) is 4.31 Å². The summed E-state index contributed by atoms with van der Waals surface area (Å²) in [5, 5.41) is 1.20. The van der Waals surface area contributed by atoms with E-state index in [-0.39, 0.29) is 12.0 Å². The summed E-state index contributed by atoms with van der Waals surface area (Å²) in [5.41, 5.74) is 6.35. The molecule has 0 saturated carbocycles. The maximum absolute atomic E-state index is 13.9. The van der Waals surface area contributed by atoms with Crippen molar-refractivity contribution in [3.8, 4) is 0 Å². The molecule has 2 aliphatic rings. The van der Waals surface area contributed by atoms with Gasteiger partial charge in [0.05, 0.1) is 16.6 Å². The van der Waals surface area contributed by atoms with Gasteiger partial charge in [-0.1, -0.05) is 54.1 Å². The molecular weight excluding hydrogens is 392 g/mol. The Kier molecular flexibility index (Phi) is 3.69. The number of aryl methyl sites for hydroxylation is 2. The molecule has 0 amide bonds. The number of H-pyrrole nitrogens is 1. The van der Waals surface area contributed by atoms with Crippen molar-refractivity contribution in [2.75, 3.05) is 4.31 Å². The lowest BCUT2D eigenvalue weighted by Crippen LogP contribution is -2.35. The Bertz CT molecular complexity index is 1390. The van der Waals surface area contributed by atoms with E-state index in [9.17, 15) is 8.42 Å². The number of para-hydroxylation sites is 2. The zero-order valence-corrected chi connectivity index (χ0v) is 17.5. The SMILES string of the molecule is Cc1ccc(S(=O)(=O)N2c3ccccc3[C@H]3CCc4c([nH]c5ccccc45)[C@H]32)cc1. The minimum absolute atomic E-state index is 0.155. The predicted octanol–water partition coefficient (Wildman–Crippen LogP) is 5.46. The first kappa shape index (κ1) is 17.8. The van der Waals surface area contributed by atoms with Crippen LogP contribution in [0.15, 0.2) is 77.7 Å². The fraction of sp³-hybridized carbons (Fsp3) is 0.200. The molecule has 0 fully saturated rings. The summed E-state index contributed by atoms with van der Waals surface area (Å²) in [4.78, 5) is 3.92. The normalized spacial score (nSPS) is 20.1. The molecule has 2 heterocycles. The van der Waals surface area contributed by atoms with Crippen molar-refractivity contribution < 1.29 is 8.42 Å². The lowest BCUT2D eigenvalue weighted by atomic mass is 9.81. The van der Waals surface area contributed by atoms with Gasteiger partial charge in [0.1, 0.15) is 0 Å². The first-order valence-corrected chi connectivity index (χ1v) is 11.8. The van der Waals surface area contributed by atoms with Crippen LogP contribution in [0.5, 0.6) is 0 Å². The maximum atomic E-state index is 13.9. The third-order valence-electron chi connectivity index (χ3n) is 6.63. The Morgan fingerprint density at radius 3 is 2.50 bits per heavy atom. The fourth-order valence-corrected chi connectivity index (χ4v) is 6.95. The lowest BCUT2D eigenvalue weighted by molar-refractivity contribution is 0.499. The highest BCUT2D eigenvalue weighted by Crippen LogP contribution is 2.56. The van der Waals surface area contributed by atoms with Crippen LogP contribution >= 0.6 is 0 Å². The van der Waals surface area contributed by atoms with E-state index in [1.807, 2.05) is 49.4 Å². The third-order valence-corrected chi connectivity index (χ3v) is 8.44. The van der Waals surface area contributed by atoms with Crippen LogP contribution in [0, 0.1) is 6.92 Å². The summed E-state index contributed by atoms with van der Waals surface area (Å²) in [6.45, 7) is 1.97. The molecule has 3 aromatic carbocycles. The maximum Gasteiger partial charge on any atom is 0.264 e. The number of rotatable bonds is 2. The van der Waals surface area contributed by atoms with E-state index in [1.54, 1.807) is 16.4 Å². The van der Waals surface area contributed by atoms with Crippen molar-refractivity contribution >= 4 is 26.6 Å². The van der Waals surface area contributed by atoms with Crippen molar-refractivity contribution in [2.45, 2.75) is 36.6 Å². The summed E-state index contributed by atoms with van der Waals surface area (Å²) in [6.07, 6.45) is 1.89. The standard InChI is InChI=1S/C25H22N2O2S/c1-16-10-12-17(13-11-16)30(28,29)27-23-9-5-3-7-19(23)21-15-14-20-18-6-2-4-8-22(18)26-24(20)25(21)27/h2-13,21,25-26H,14-15H2,1H3/t21-,25+/m1/s1. The van der Waals surface area contributed by atoms with Crippen molar-refractivity contribution in [2.24, 2.45) is 0 Å². The number of nitrogens with zero attached hydrogens (tertiary/aromatic N) is 1. The molecule has 30 heavy (non-hydrogen) atoms. The van der Waals surface area contributed by atoms with Crippen molar-refractivity contribution in [3.63, 3.8) is 0 Å². The average molecular weight is 415 g/mol. The van der Waals surface area contributed by atoms with Gasteiger partial charge in [-0.15, -0.1) is 0 Å². The molecule has 2 atom stereocenters. The van der Waals surface area contributed by atoms with Crippen molar-refractivity contribution in [1.29, 1.82) is 0 Å². The van der Waals surface area contributed by atoms with Crippen LogP contribution in [0.1, 0.15) is 40.8 Å². The molecule has 4 nitrogen and oxygen atoms in total. The number of hydrogen-bond donors (Lipinski definition) is 1. The number of sulfonamides is 1. The Morgan fingerprint density at radius 1 is 0.933 bits per heavy atom. The summed E-state index contributed by atoms with van der Waals surface area (Å²) in [6, 6.07) is 23.2. The average Bonchev–Trinajstić information content (AvgIpc) is 3.30. The highest BCUT2D eigenvalue weighted by atomic mass is 32.2. The van der Waals surface area contributed by atoms with Gasteiger partial charge in [-0.2, -0.15) is 0 Å². The van der Waals surface area contributed by atoms with Gasteiger partial charge in [-0.05, 0) is 55.2 Å². The summed E-state index contributed by atoms with van der Waals surface area (Å²) >= 11 is 0. The summed E-state index contributed by atoms with van der Waals surface area (Å²) < 4.78 is 29.5. The number of anilines is 1. The van der Waals surface area contributed by atoms with Gasteiger partial charge in [0.15, 0.2) is 0 Å². The number of fused-ring (bicyclic) bond motifs is 7. The monoisotopic (exact) mass is 414 g/mol. The van der Waals surface area contributed by atoms with Gasteiger partial charge in [0, 0.05) is 22.5 Å². The molecule has 0 saturated heterocycles. The van der Waals surface area contributed by atoms with E-state index < -0.39 is 10.0 Å². The summed E-state index contributed by atoms with van der Waals surface area (Å²) in [5.74, 6) is 0.155. The minimum Gasteiger partial charge on any atom is -0.356 e. The smallest absolute Gasteiger partial charge is 0.264 e. The van der Waals surface area contributed by atoms with E-state index in [2.05, 4.69) is 23.2 Å². The molecule has 4 aromatic rings. The van der Waals surface area contributed by atoms with Crippen LogP contribution < -0.4 is 4.31 Å². The molecule has 1 N–H and O–H groups in total. The zero-order valence-electron chi connectivity index (χ0n) is 16.7. The number of aromatic nitrogens is 1. The zero-order chi connectivity index (χ0) is 20.5. The number of nitrogens with one attached hydrogen (secondary N) is 1. The van der Waals surface area contributed by atoms with E-state index >= 15 is 0 Å².